The molecule has 0 radical (unpaired) electrons. The van der Waals surface area contributed by atoms with Gasteiger partial charge in [-0.3, -0.25) is 14.7 Å². The predicted octanol–water partition coefficient (Wildman–Crippen LogP) is 3.12. The maximum absolute atomic E-state index is 12.9. The highest BCUT2D eigenvalue weighted by Crippen LogP contribution is 2.27. The Balaban J connectivity index is 1.47. The van der Waals surface area contributed by atoms with Gasteiger partial charge >= 0.3 is 0 Å². The van der Waals surface area contributed by atoms with Crippen LogP contribution in [0.1, 0.15) is 50.4 Å². The van der Waals surface area contributed by atoms with Gasteiger partial charge in [0.1, 0.15) is 5.75 Å². The summed E-state index contributed by atoms with van der Waals surface area (Å²) in [5.41, 5.74) is 3.59. The molecule has 2 aliphatic heterocycles. The molecular weight excluding hydrogens is 390 g/mol. The first-order valence-electron chi connectivity index (χ1n) is 11.6. The Morgan fingerprint density at radius 2 is 2.06 bits per heavy atom. The molecule has 1 atom stereocenters. The third-order valence-electron chi connectivity index (χ3n) is 6.68. The van der Waals surface area contributed by atoms with E-state index in [0.717, 1.165) is 74.0 Å². The highest BCUT2D eigenvalue weighted by molar-refractivity contribution is 5.53. The minimum Gasteiger partial charge on any atom is -0.508 e. The molecule has 2 aromatic rings. The first-order chi connectivity index (χ1) is 15.0. The first kappa shape index (κ1) is 21.7. The van der Waals surface area contributed by atoms with E-state index < -0.39 is 0 Å². The summed E-state index contributed by atoms with van der Waals surface area (Å²) in [7, 11) is 0. The van der Waals surface area contributed by atoms with Crippen LogP contribution in [0, 0.1) is 5.92 Å². The smallest absolute Gasteiger partial charge is 0.257 e. The van der Waals surface area contributed by atoms with Crippen LogP contribution in [0.15, 0.2) is 23.0 Å². The second-order valence-corrected chi connectivity index (χ2v) is 8.95. The van der Waals surface area contributed by atoms with Gasteiger partial charge in [0, 0.05) is 69.6 Å². The summed E-state index contributed by atoms with van der Waals surface area (Å²) in [5, 5.41) is 10.6. The van der Waals surface area contributed by atoms with Crippen LogP contribution in [0.5, 0.6) is 5.75 Å². The van der Waals surface area contributed by atoms with E-state index in [2.05, 4.69) is 46.5 Å². The normalized spacial score (nSPS) is 19.3. The molecule has 1 aromatic heterocycles. The molecule has 168 valence electrons. The number of hydrogen-bond donors (Lipinski definition) is 2. The number of piperidine rings is 1. The maximum Gasteiger partial charge on any atom is 0.257 e. The van der Waals surface area contributed by atoms with Crippen molar-refractivity contribution in [1.82, 2.24) is 14.9 Å². The van der Waals surface area contributed by atoms with E-state index in [0.29, 0.717) is 24.8 Å². The van der Waals surface area contributed by atoms with Crippen LogP contribution in [0.25, 0.3) is 0 Å². The number of hydrogen-bond acceptors (Lipinski definition) is 6. The van der Waals surface area contributed by atoms with E-state index in [9.17, 15) is 9.90 Å². The minimum absolute atomic E-state index is 0.0240. The van der Waals surface area contributed by atoms with Crippen LogP contribution in [-0.2, 0) is 19.5 Å². The summed E-state index contributed by atoms with van der Waals surface area (Å²) < 4.78 is 0. The summed E-state index contributed by atoms with van der Waals surface area (Å²) in [6.45, 7) is 12.2. The van der Waals surface area contributed by atoms with Crippen LogP contribution in [0.4, 0.5) is 11.6 Å². The molecule has 0 amide bonds. The Morgan fingerprint density at radius 3 is 2.77 bits per heavy atom. The quantitative estimate of drug-likeness (QED) is 0.741. The van der Waals surface area contributed by atoms with E-state index in [1.807, 2.05) is 12.1 Å². The van der Waals surface area contributed by atoms with Crippen LogP contribution >= 0.6 is 0 Å². The fraction of sp³-hybridized carbons (Fsp3) is 0.583. The van der Waals surface area contributed by atoms with Gasteiger partial charge in [-0.2, -0.15) is 0 Å². The molecule has 7 nitrogen and oxygen atoms in total. The van der Waals surface area contributed by atoms with Crippen molar-refractivity contribution in [3.05, 3.63) is 45.4 Å². The van der Waals surface area contributed by atoms with Gasteiger partial charge < -0.3 is 14.9 Å². The number of nitrogens with one attached hydrogen (secondary N) is 1. The van der Waals surface area contributed by atoms with E-state index in [1.165, 1.54) is 6.42 Å². The summed E-state index contributed by atoms with van der Waals surface area (Å²) in [6, 6.07) is 5.92. The van der Waals surface area contributed by atoms with E-state index in [4.69, 9.17) is 4.98 Å². The number of anilines is 2. The van der Waals surface area contributed by atoms with Crippen LogP contribution < -0.4 is 15.4 Å². The summed E-state index contributed by atoms with van der Waals surface area (Å²) >= 11 is 0. The van der Waals surface area contributed by atoms with Gasteiger partial charge in [0.25, 0.3) is 5.56 Å². The molecule has 0 aliphatic carbocycles. The van der Waals surface area contributed by atoms with E-state index in [-0.39, 0.29) is 5.56 Å². The zero-order valence-corrected chi connectivity index (χ0v) is 19.0. The van der Waals surface area contributed by atoms with Gasteiger partial charge in [0.2, 0.25) is 5.95 Å². The Hall–Kier alpha value is -2.54. The number of aromatic hydroxyl groups is 1. The lowest BCUT2D eigenvalue weighted by Gasteiger charge is -2.33. The fourth-order valence-corrected chi connectivity index (χ4v) is 4.85. The number of rotatable bonds is 6. The summed E-state index contributed by atoms with van der Waals surface area (Å²) in [6.07, 6.45) is 3.14. The van der Waals surface area contributed by atoms with Gasteiger partial charge in [-0.05, 0) is 38.7 Å². The second kappa shape index (κ2) is 9.30. The van der Waals surface area contributed by atoms with Crippen LogP contribution in [0.3, 0.4) is 0 Å². The molecule has 1 fully saturated rings. The molecule has 7 heteroatoms. The van der Waals surface area contributed by atoms with Crippen molar-refractivity contribution in [2.45, 2.75) is 53.1 Å². The Bertz CT molecular complexity index is 969. The molecule has 0 unspecified atom stereocenters. The van der Waals surface area contributed by atoms with Crippen LogP contribution in [-0.4, -0.2) is 52.7 Å². The summed E-state index contributed by atoms with van der Waals surface area (Å²) in [5.74, 6) is 1.68. The second-order valence-electron chi connectivity index (χ2n) is 8.95. The van der Waals surface area contributed by atoms with Crippen molar-refractivity contribution in [2.75, 3.05) is 42.5 Å². The molecule has 2 aliphatic rings. The molecule has 0 bridgehead atoms. The molecule has 0 spiro atoms. The fourth-order valence-electron chi connectivity index (χ4n) is 4.85. The average molecular weight is 426 g/mol. The number of benzene rings is 1. The number of fused-ring (bicyclic) bond motifs is 1. The number of aromatic amines is 1. The Kier molecular flexibility index (Phi) is 6.51. The summed E-state index contributed by atoms with van der Waals surface area (Å²) in [4.78, 5) is 27.4. The Labute approximate surface area is 184 Å². The van der Waals surface area contributed by atoms with Gasteiger partial charge in [-0.15, -0.1) is 0 Å². The Morgan fingerprint density at radius 1 is 1.26 bits per heavy atom. The molecule has 2 N–H and O–H groups in total. The zero-order chi connectivity index (χ0) is 22.0. The highest BCUT2D eigenvalue weighted by atomic mass is 16.3. The van der Waals surface area contributed by atoms with Gasteiger partial charge in [-0.25, -0.2) is 4.98 Å². The number of aromatic nitrogens is 2. The monoisotopic (exact) mass is 425 g/mol. The van der Waals surface area contributed by atoms with Crippen molar-refractivity contribution in [3.63, 3.8) is 0 Å². The van der Waals surface area contributed by atoms with Gasteiger partial charge in [0.15, 0.2) is 0 Å². The lowest BCUT2D eigenvalue weighted by Crippen LogP contribution is -2.39. The maximum atomic E-state index is 12.9. The molecule has 1 aromatic carbocycles. The molecule has 1 saturated heterocycles. The average Bonchev–Trinajstić information content (AvgIpc) is 2.76. The first-order valence-corrected chi connectivity index (χ1v) is 11.6. The van der Waals surface area contributed by atoms with Crippen LogP contribution in [0.2, 0.25) is 0 Å². The molecule has 0 saturated carbocycles. The van der Waals surface area contributed by atoms with Crippen molar-refractivity contribution in [2.24, 2.45) is 5.92 Å². The number of phenols is 1. The third kappa shape index (κ3) is 4.71. The highest BCUT2D eigenvalue weighted by Gasteiger charge is 2.25. The SMILES string of the molecule is CCN(CC)c1ccc(CN2CCc3nc(N4CCC[C@@H](C)C4)[nH]c(=O)c3C2)c(O)c1. The predicted molar refractivity (Wildman–Crippen MR) is 125 cm³/mol. The van der Waals surface area contributed by atoms with Gasteiger partial charge in [0.05, 0.1) is 11.3 Å². The number of phenolic OH excluding ortho intramolecular Hbond substituents is 1. The number of H-pyrrole nitrogens is 1. The lowest BCUT2D eigenvalue weighted by atomic mass is 10.0. The van der Waals surface area contributed by atoms with E-state index in [1.54, 1.807) is 0 Å². The van der Waals surface area contributed by atoms with Crippen molar-refractivity contribution < 1.29 is 5.11 Å². The molecule has 3 heterocycles. The van der Waals surface area contributed by atoms with E-state index >= 15 is 0 Å². The molecular formula is C24H35N5O2. The molecule has 31 heavy (non-hydrogen) atoms. The third-order valence-corrected chi connectivity index (χ3v) is 6.68. The standard InChI is InChI=1S/C24H35N5O2/c1-4-28(5-2)19-9-8-18(22(30)13-19)15-27-12-10-21-20(16-27)23(31)26-24(25-21)29-11-6-7-17(3)14-29/h8-9,13,17,30H,4-7,10-12,14-16H2,1-3H3,(H,25,26,31)/t17-/m1/s1. The largest absolute Gasteiger partial charge is 0.508 e. The zero-order valence-electron chi connectivity index (χ0n) is 19.0. The van der Waals surface area contributed by atoms with Gasteiger partial charge in [-0.1, -0.05) is 13.0 Å². The van der Waals surface area contributed by atoms with Crippen molar-refractivity contribution >= 4 is 11.6 Å². The molecule has 4 rings (SSSR count). The lowest BCUT2D eigenvalue weighted by molar-refractivity contribution is 0.238. The van der Waals surface area contributed by atoms with Crippen molar-refractivity contribution in [3.8, 4) is 5.75 Å². The minimum atomic E-state index is -0.0240. The number of nitrogens with zero attached hydrogens (tertiary/aromatic N) is 4. The van der Waals surface area contributed by atoms with Crippen molar-refractivity contribution in [1.29, 1.82) is 0 Å². The topological polar surface area (TPSA) is 75.7 Å².